The molecule has 1 unspecified atom stereocenters. The fraction of sp³-hybridized carbons (Fsp3) is 0.545. The Balaban J connectivity index is 2.46. The Labute approximate surface area is 121 Å². The highest BCUT2D eigenvalue weighted by atomic mass is 32.2. The molecule has 1 fully saturated rings. The standard InChI is InChI=1S/C11H16N2O5S2/c1-3-6-20(17,18)8(2)10(15)12-4-5-13-9(14)7-19-11(13)16/h3,8H,1,4-7H2,2H3,(H,12,15). The molecule has 1 rings (SSSR count). The minimum Gasteiger partial charge on any atom is -0.353 e. The summed E-state index contributed by atoms with van der Waals surface area (Å²) in [6.07, 6.45) is 1.22. The molecule has 1 heterocycles. The van der Waals surface area contributed by atoms with Crippen LogP contribution in [0, 0.1) is 0 Å². The molecule has 3 amide bonds. The lowest BCUT2D eigenvalue weighted by molar-refractivity contribution is -0.125. The number of nitrogens with zero attached hydrogens (tertiary/aromatic N) is 1. The lowest BCUT2D eigenvalue weighted by Gasteiger charge is -2.15. The maximum atomic E-state index is 11.7. The summed E-state index contributed by atoms with van der Waals surface area (Å²) in [5, 5.41) is 0.862. The molecule has 1 atom stereocenters. The van der Waals surface area contributed by atoms with Crippen LogP contribution < -0.4 is 5.32 Å². The number of hydrogen-bond donors (Lipinski definition) is 1. The molecule has 0 saturated carbocycles. The van der Waals surface area contributed by atoms with E-state index in [-0.39, 0.29) is 35.7 Å². The van der Waals surface area contributed by atoms with E-state index in [0.717, 1.165) is 16.7 Å². The van der Waals surface area contributed by atoms with Crippen LogP contribution in [0.3, 0.4) is 0 Å². The number of imide groups is 1. The van der Waals surface area contributed by atoms with Gasteiger partial charge in [0.1, 0.15) is 5.25 Å². The third-order valence-corrected chi connectivity index (χ3v) is 5.58. The van der Waals surface area contributed by atoms with Gasteiger partial charge in [0.2, 0.25) is 11.8 Å². The maximum Gasteiger partial charge on any atom is 0.288 e. The first-order valence-corrected chi connectivity index (χ1v) is 8.57. The molecule has 9 heteroatoms. The molecule has 7 nitrogen and oxygen atoms in total. The largest absolute Gasteiger partial charge is 0.353 e. The SMILES string of the molecule is C=CCS(=O)(=O)C(C)C(=O)NCCN1C(=O)CSC1=O. The van der Waals surface area contributed by atoms with Gasteiger partial charge in [0.15, 0.2) is 9.84 Å². The van der Waals surface area contributed by atoms with Crippen LogP contribution in [0.25, 0.3) is 0 Å². The molecular weight excluding hydrogens is 304 g/mol. The van der Waals surface area contributed by atoms with Gasteiger partial charge in [0.25, 0.3) is 5.24 Å². The number of rotatable bonds is 7. The van der Waals surface area contributed by atoms with E-state index >= 15 is 0 Å². The number of carbonyl (C=O) groups is 3. The van der Waals surface area contributed by atoms with Gasteiger partial charge < -0.3 is 5.32 Å². The van der Waals surface area contributed by atoms with Crippen molar-refractivity contribution in [2.24, 2.45) is 0 Å². The average Bonchev–Trinajstić information content (AvgIpc) is 2.69. The van der Waals surface area contributed by atoms with Crippen molar-refractivity contribution < 1.29 is 22.8 Å². The summed E-state index contributed by atoms with van der Waals surface area (Å²) in [5.41, 5.74) is 0. The second kappa shape index (κ2) is 6.89. The molecule has 112 valence electrons. The van der Waals surface area contributed by atoms with Gasteiger partial charge in [-0.15, -0.1) is 6.58 Å². The number of thioether (sulfide) groups is 1. The molecule has 1 aliphatic heterocycles. The zero-order chi connectivity index (χ0) is 15.3. The average molecular weight is 320 g/mol. The van der Waals surface area contributed by atoms with E-state index in [2.05, 4.69) is 11.9 Å². The number of nitrogens with one attached hydrogen (secondary N) is 1. The lowest BCUT2D eigenvalue weighted by atomic mass is 10.4. The van der Waals surface area contributed by atoms with Crippen LogP contribution >= 0.6 is 11.8 Å². The predicted octanol–water partition coefficient (Wildman–Crippen LogP) is -0.213. The van der Waals surface area contributed by atoms with E-state index in [4.69, 9.17) is 0 Å². The topological polar surface area (TPSA) is 101 Å². The smallest absolute Gasteiger partial charge is 0.288 e. The van der Waals surface area contributed by atoms with Crippen LogP contribution in [0.15, 0.2) is 12.7 Å². The summed E-state index contributed by atoms with van der Waals surface area (Å²) < 4.78 is 23.3. The van der Waals surface area contributed by atoms with Crippen LogP contribution in [0.1, 0.15) is 6.92 Å². The second-order valence-corrected chi connectivity index (χ2v) is 7.44. The summed E-state index contributed by atoms with van der Waals surface area (Å²) in [7, 11) is -3.56. The molecule has 1 saturated heterocycles. The maximum absolute atomic E-state index is 11.7. The molecular formula is C11H16N2O5S2. The quantitative estimate of drug-likeness (QED) is 0.651. The highest BCUT2D eigenvalue weighted by Gasteiger charge is 2.30. The Hall–Kier alpha value is -1.35. The molecule has 0 aromatic rings. The Morgan fingerprint density at radius 3 is 2.70 bits per heavy atom. The molecule has 1 aliphatic rings. The molecule has 1 N–H and O–H groups in total. The number of sulfone groups is 1. The monoisotopic (exact) mass is 320 g/mol. The number of carbonyl (C=O) groups excluding carboxylic acids is 3. The van der Waals surface area contributed by atoms with Crippen LogP contribution in [-0.4, -0.2) is 60.2 Å². The van der Waals surface area contributed by atoms with Crippen LogP contribution in [-0.2, 0) is 19.4 Å². The number of hydrogen-bond acceptors (Lipinski definition) is 6. The van der Waals surface area contributed by atoms with E-state index in [0.29, 0.717) is 0 Å². The van der Waals surface area contributed by atoms with Crippen molar-refractivity contribution in [3.8, 4) is 0 Å². The zero-order valence-electron chi connectivity index (χ0n) is 11.0. The summed E-state index contributed by atoms with van der Waals surface area (Å²) in [5.74, 6) is -1.13. The van der Waals surface area contributed by atoms with Gasteiger partial charge in [-0.3, -0.25) is 19.3 Å². The Kier molecular flexibility index (Phi) is 5.75. The first-order chi connectivity index (χ1) is 9.29. The molecule has 20 heavy (non-hydrogen) atoms. The first-order valence-electron chi connectivity index (χ1n) is 5.87. The molecule has 0 aliphatic carbocycles. The molecule has 0 spiro atoms. The Morgan fingerprint density at radius 1 is 1.55 bits per heavy atom. The van der Waals surface area contributed by atoms with Gasteiger partial charge in [-0.25, -0.2) is 8.42 Å². The van der Waals surface area contributed by atoms with Crippen LogP contribution in [0.5, 0.6) is 0 Å². The zero-order valence-corrected chi connectivity index (χ0v) is 12.6. The first kappa shape index (κ1) is 16.7. The highest BCUT2D eigenvalue weighted by Crippen LogP contribution is 2.17. The Morgan fingerprint density at radius 2 is 2.20 bits per heavy atom. The molecule has 0 aromatic carbocycles. The van der Waals surface area contributed by atoms with Crippen molar-refractivity contribution in [3.05, 3.63) is 12.7 Å². The summed E-state index contributed by atoms with van der Waals surface area (Å²) in [6, 6.07) is 0. The van der Waals surface area contributed by atoms with Crippen molar-refractivity contribution in [1.82, 2.24) is 10.2 Å². The van der Waals surface area contributed by atoms with Crippen LogP contribution in [0.4, 0.5) is 4.79 Å². The molecule has 0 radical (unpaired) electrons. The van der Waals surface area contributed by atoms with Gasteiger partial charge in [0, 0.05) is 13.1 Å². The fourth-order valence-corrected chi connectivity index (χ4v) is 3.28. The molecule has 0 bridgehead atoms. The molecule has 0 aromatic heterocycles. The summed E-state index contributed by atoms with van der Waals surface area (Å²) >= 11 is 0.907. The summed E-state index contributed by atoms with van der Waals surface area (Å²) in [4.78, 5) is 35.3. The van der Waals surface area contributed by atoms with E-state index in [1.165, 1.54) is 13.0 Å². The van der Waals surface area contributed by atoms with Crippen molar-refractivity contribution in [2.75, 3.05) is 24.6 Å². The van der Waals surface area contributed by atoms with E-state index in [9.17, 15) is 22.8 Å². The van der Waals surface area contributed by atoms with Gasteiger partial charge in [-0.2, -0.15) is 0 Å². The second-order valence-electron chi connectivity index (χ2n) is 4.15. The lowest BCUT2D eigenvalue weighted by Crippen LogP contribution is -2.43. The van der Waals surface area contributed by atoms with Crippen molar-refractivity contribution >= 4 is 38.7 Å². The minimum atomic E-state index is -3.56. The van der Waals surface area contributed by atoms with Gasteiger partial charge >= 0.3 is 0 Å². The van der Waals surface area contributed by atoms with Gasteiger partial charge in [-0.05, 0) is 6.92 Å². The number of amides is 3. The summed E-state index contributed by atoms with van der Waals surface area (Å²) in [6.45, 7) is 4.69. The minimum absolute atomic E-state index is 0.0326. The van der Waals surface area contributed by atoms with Crippen LogP contribution in [0.2, 0.25) is 0 Å². The van der Waals surface area contributed by atoms with Gasteiger partial charge in [-0.1, -0.05) is 17.8 Å². The third kappa shape index (κ3) is 4.07. The highest BCUT2D eigenvalue weighted by molar-refractivity contribution is 8.14. The van der Waals surface area contributed by atoms with Crippen molar-refractivity contribution in [2.45, 2.75) is 12.2 Å². The Bertz CT molecular complexity index is 513. The third-order valence-electron chi connectivity index (χ3n) is 2.73. The van der Waals surface area contributed by atoms with E-state index < -0.39 is 21.0 Å². The van der Waals surface area contributed by atoms with Gasteiger partial charge in [0.05, 0.1) is 11.5 Å². The van der Waals surface area contributed by atoms with E-state index in [1.807, 2.05) is 0 Å². The van der Waals surface area contributed by atoms with Crippen molar-refractivity contribution in [3.63, 3.8) is 0 Å². The van der Waals surface area contributed by atoms with E-state index in [1.54, 1.807) is 0 Å². The van der Waals surface area contributed by atoms with Crippen molar-refractivity contribution in [1.29, 1.82) is 0 Å². The predicted molar refractivity (Wildman–Crippen MR) is 76.0 cm³/mol. The fourth-order valence-electron chi connectivity index (χ4n) is 1.50. The normalized spacial score (nSPS) is 17.1.